The normalized spacial score (nSPS) is 16.0. The van der Waals surface area contributed by atoms with Gasteiger partial charge in [-0.15, -0.1) is 0 Å². The number of benzene rings is 2. The molecule has 0 aliphatic carbocycles. The highest BCUT2D eigenvalue weighted by Crippen LogP contribution is 2.25. The molecule has 23 heavy (non-hydrogen) atoms. The Hall–Kier alpha value is -1.62. The molecule has 0 amide bonds. The Morgan fingerprint density at radius 1 is 1.22 bits per heavy atom. The average molecular weight is 336 g/mol. The van der Waals surface area contributed by atoms with Crippen LogP contribution in [0.4, 0.5) is 4.39 Å². The fourth-order valence-corrected chi connectivity index (χ4v) is 3.06. The summed E-state index contributed by atoms with van der Waals surface area (Å²) in [4.78, 5) is 2.21. The van der Waals surface area contributed by atoms with Crippen molar-refractivity contribution in [3.8, 4) is 5.75 Å². The summed E-state index contributed by atoms with van der Waals surface area (Å²) in [6.07, 6.45) is 0.370. The summed E-state index contributed by atoms with van der Waals surface area (Å²) < 4.78 is 18.5. The van der Waals surface area contributed by atoms with Crippen molar-refractivity contribution in [1.82, 2.24) is 4.90 Å². The van der Waals surface area contributed by atoms with Crippen molar-refractivity contribution in [3.63, 3.8) is 0 Å². The fraction of sp³-hybridized carbons (Fsp3) is 0.333. The Morgan fingerprint density at radius 3 is 2.78 bits per heavy atom. The number of β-amino-alcohol motifs (C(OH)–C–C–N with tert-alkyl or cyclic N) is 1. The molecule has 1 aliphatic rings. The first-order valence-electron chi connectivity index (χ1n) is 7.67. The van der Waals surface area contributed by atoms with Gasteiger partial charge in [0.25, 0.3) is 0 Å². The average Bonchev–Trinajstić information content (AvgIpc) is 2.54. The van der Waals surface area contributed by atoms with Crippen LogP contribution in [0.5, 0.6) is 5.75 Å². The molecule has 3 nitrogen and oxygen atoms in total. The van der Waals surface area contributed by atoms with Gasteiger partial charge in [0.1, 0.15) is 24.3 Å². The highest BCUT2D eigenvalue weighted by Gasteiger charge is 2.19. The molecule has 0 fully saturated rings. The van der Waals surface area contributed by atoms with Gasteiger partial charge < -0.3 is 9.84 Å². The molecule has 5 heteroatoms. The number of nitrogens with zero attached hydrogens (tertiary/aromatic N) is 1. The van der Waals surface area contributed by atoms with Gasteiger partial charge in [-0.1, -0.05) is 35.9 Å². The third-order valence-corrected chi connectivity index (χ3v) is 4.30. The highest BCUT2D eigenvalue weighted by atomic mass is 35.5. The van der Waals surface area contributed by atoms with Crippen molar-refractivity contribution < 1.29 is 14.2 Å². The van der Waals surface area contributed by atoms with Gasteiger partial charge in [0.2, 0.25) is 0 Å². The lowest BCUT2D eigenvalue weighted by atomic mass is 10.00. The van der Waals surface area contributed by atoms with Gasteiger partial charge in [0, 0.05) is 19.6 Å². The number of ether oxygens (including phenoxy) is 1. The van der Waals surface area contributed by atoms with Crippen molar-refractivity contribution in [2.45, 2.75) is 19.1 Å². The SMILES string of the molecule is OC(COc1ccc(F)cc1Cl)CN1CCc2ccccc2C1. The summed E-state index contributed by atoms with van der Waals surface area (Å²) in [7, 11) is 0. The second-order valence-electron chi connectivity index (χ2n) is 5.79. The Kier molecular flexibility index (Phi) is 5.16. The zero-order chi connectivity index (χ0) is 16.2. The van der Waals surface area contributed by atoms with Crippen molar-refractivity contribution in [3.05, 3.63) is 64.4 Å². The van der Waals surface area contributed by atoms with Gasteiger partial charge in [-0.3, -0.25) is 4.90 Å². The van der Waals surface area contributed by atoms with Gasteiger partial charge >= 0.3 is 0 Å². The molecule has 0 aromatic heterocycles. The van der Waals surface area contributed by atoms with Crippen molar-refractivity contribution in [2.75, 3.05) is 19.7 Å². The van der Waals surface area contributed by atoms with E-state index in [4.69, 9.17) is 16.3 Å². The molecule has 1 heterocycles. The van der Waals surface area contributed by atoms with Gasteiger partial charge in [0.05, 0.1) is 5.02 Å². The van der Waals surface area contributed by atoms with Gasteiger partial charge in [-0.2, -0.15) is 0 Å². The van der Waals surface area contributed by atoms with Crippen LogP contribution < -0.4 is 4.74 Å². The third-order valence-electron chi connectivity index (χ3n) is 4.00. The minimum absolute atomic E-state index is 0.128. The number of fused-ring (bicyclic) bond motifs is 1. The maximum atomic E-state index is 13.0. The maximum Gasteiger partial charge on any atom is 0.138 e. The van der Waals surface area contributed by atoms with Crippen molar-refractivity contribution >= 4 is 11.6 Å². The number of halogens is 2. The molecular weight excluding hydrogens is 317 g/mol. The summed E-state index contributed by atoms with van der Waals surface area (Å²) >= 11 is 5.90. The number of hydrogen-bond acceptors (Lipinski definition) is 3. The molecule has 1 atom stereocenters. The van der Waals surface area contributed by atoms with E-state index in [1.54, 1.807) is 0 Å². The lowest BCUT2D eigenvalue weighted by molar-refractivity contribution is 0.0638. The first-order valence-corrected chi connectivity index (χ1v) is 8.04. The molecule has 2 aromatic carbocycles. The van der Waals surface area contributed by atoms with Crippen LogP contribution >= 0.6 is 11.6 Å². The number of hydrogen-bond donors (Lipinski definition) is 1. The Bertz CT molecular complexity index is 680. The van der Waals surface area contributed by atoms with Crippen molar-refractivity contribution in [2.24, 2.45) is 0 Å². The van der Waals surface area contributed by atoms with Crippen LogP contribution in [0.15, 0.2) is 42.5 Å². The van der Waals surface area contributed by atoms with Crippen LogP contribution in [0.3, 0.4) is 0 Å². The van der Waals surface area contributed by atoms with Crippen LogP contribution in [0, 0.1) is 5.82 Å². The summed E-state index contributed by atoms with van der Waals surface area (Å²) in [6.45, 7) is 2.42. The molecule has 0 saturated heterocycles. The van der Waals surface area contributed by atoms with E-state index in [-0.39, 0.29) is 11.6 Å². The molecule has 1 N–H and O–H groups in total. The quantitative estimate of drug-likeness (QED) is 0.910. The molecule has 122 valence electrons. The van der Waals surface area contributed by atoms with E-state index in [9.17, 15) is 9.50 Å². The zero-order valence-electron chi connectivity index (χ0n) is 12.7. The number of rotatable bonds is 5. The van der Waals surface area contributed by atoms with E-state index < -0.39 is 11.9 Å². The van der Waals surface area contributed by atoms with E-state index in [0.29, 0.717) is 12.3 Å². The topological polar surface area (TPSA) is 32.7 Å². The first-order chi connectivity index (χ1) is 11.1. The molecule has 0 saturated carbocycles. The molecule has 0 bridgehead atoms. The van der Waals surface area contributed by atoms with E-state index in [1.807, 2.05) is 6.07 Å². The molecule has 2 aromatic rings. The fourth-order valence-electron chi connectivity index (χ4n) is 2.84. The zero-order valence-corrected chi connectivity index (χ0v) is 13.5. The van der Waals surface area contributed by atoms with E-state index in [1.165, 1.54) is 29.3 Å². The third kappa shape index (κ3) is 4.22. The minimum atomic E-state index is -0.624. The molecular formula is C18H19ClFNO2. The number of aliphatic hydroxyl groups excluding tert-OH is 1. The summed E-state index contributed by atoms with van der Waals surface area (Å²) in [5.74, 6) is -0.0222. The molecule has 1 unspecified atom stereocenters. The highest BCUT2D eigenvalue weighted by molar-refractivity contribution is 6.32. The lowest BCUT2D eigenvalue weighted by Gasteiger charge is -2.30. The lowest BCUT2D eigenvalue weighted by Crippen LogP contribution is -2.38. The summed E-state index contributed by atoms with van der Waals surface area (Å²) in [5.41, 5.74) is 2.70. The number of aliphatic hydroxyl groups is 1. The van der Waals surface area contributed by atoms with Gasteiger partial charge in [-0.25, -0.2) is 4.39 Å². The Labute approximate surface area is 140 Å². The Morgan fingerprint density at radius 2 is 2.00 bits per heavy atom. The molecule has 0 spiro atoms. The second kappa shape index (κ2) is 7.30. The smallest absolute Gasteiger partial charge is 0.138 e. The second-order valence-corrected chi connectivity index (χ2v) is 6.20. The largest absolute Gasteiger partial charge is 0.489 e. The van der Waals surface area contributed by atoms with Crippen molar-refractivity contribution in [1.29, 1.82) is 0 Å². The van der Waals surface area contributed by atoms with E-state index >= 15 is 0 Å². The predicted molar refractivity (Wildman–Crippen MR) is 88.3 cm³/mol. The van der Waals surface area contributed by atoms with E-state index in [2.05, 4.69) is 23.1 Å². The van der Waals surface area contributed by atoms with Crippen LogP contribution in [-0.2, 0) is 13.0 Å². The maximum absolute atomic E-state index is 13.0. The van der Waals surface area contributed by atoms with Gasteiger partial charge in [0.15, 0.2) is 0 Å². The summed E-state index contributed by atoms with van der Waals surface area (Å²) in [5, 5.41) is 10.4. The van der Waals surface area contributed by atoms with Crippen LogP contribution in [0.2, 0.25) is 5.02 Å². The van der Waals surface area contributed by atoms with Crippen LogP contribution in [0.25, 0.3) is 0 Å². The van der Waals surface area contributed by atoms with Crippen LogP contribution in [0.1, 0.15) is 11.1 Å². The Balaban J connectivity index is 1.51. The molecule has 0 radical (unpaired) electrons. The predicted octanol–water partition coefficient (Wildman–Crippen LogP) is 3.28. The molecule has 3 rings (SSSR count). The van der Waals surface area contributed by atoms with Gasteiger partial charge in [-0.05, 0) is 35.7 Å². The van der Waals surface area contributed by atoms with E-state index in [0.717, 1.165) is 19.5 Å². The van der Waals surface area contributed by atoms with Crippen LogP contribution in [-0.4, -0.2) is 35.8 Å². The molecule has 1 aliphatic heterocycles. The standard InChI is InChI=1S/C18H19ClFNO2/c19-17-9-15(20)5-6-18(17)23-12-16(22)11-21-8-7-13-3-1-2-4-14(13)10-21/h1-6,9,16,22H,7-8,10-12H2. The minimum Gasteiger partial charge on any atom is -0.489 e. The first kappa shape index (κ1) is 16.2. The summed E-state index contributed by atoms with van der Waals surface area (Å²) in [6, 6.07) is 12.3. The monoisotopic (exact) mass is 335 g/mol.